The summed E-state index contributed by atoms with van der Waals surface area (Å²) in [6.45, 7) is 0.265. The van der Waals surface area contributed by atoms with Crippen molar-refractivity contribution in [1.82, 2.24) is 19.9 Å². The molecular weight excluding hydrogens is 352 g/mol. The molecule has 0 saturated heterocycles. The average Bonchev–Trinajstić information content (AvgIpc) is 3.17. The van der Waals surface area contributed by atoms with Crippen LogP contribution >= 0.6 is 11.3 Å². The maximum Gasteiger partial charge on any atom is 0.326 e. The summed E-state index contributed by atoms with van der Waals surface area (Å²) in [6, 6.07) is 8.40. The van der Waals surface area contributed by atoms with E-state index in [9.17, 15) is 14.7 Å². The lowest BCUT2D eigenvalue weighted by atomic mass is 9.94. The molecule has 0 aliphatic carbocycles. The number of benzene rings is 1. The van der Waals surface area contributed by atoms with Gasteiger partial charge in [0.1, 0.15) is 10.9 Å². The number of aliphatic carboxylic acids is 1. The first-order valence-corrected chi connectivity index (χ1v) is 8.79. The number of hydrogen-bond acceptors (Lipinski definition) is 6. The molecule has 26 heavy (non-hydrogen) atoms. The van der Waals surface area contributed by atoms with E-state index in [1.54, 1.807) is 18.5 Å². The van der Waals surface area contributed by atoms with Crippen molar-refractivity contribution in [3.05, 3.63) is 64.9 Å². The number of carbonyl (C=O) groups excluding carboxylic acids is 1. The van der Waals surface area contributed by atoms with Gasteiger partial charge in [-0.1, -0.05) is 24.3 Å². The van der Waals surface area contributed by atoms with Crippen LogP contribution in [-0.4, -0.2) is 42.9 Å². The normalized spacial score (nSPS) is 16.2. The van der Waals surface area contributed by atoms with Crippen molar-refractivity contribution in [3.63, 3.8) is 0 Å². The topological polar surface area (TPSA) is 96.3 Å². The first-order chi connectivity index (χ1) is 12.6. The van der Waals surface area contributed by atoms with Gasteiger partial charge in [-0.2, -0.15) is 0 Å². The smallest absolute Gasteiger partial charge is 0.326 e. The summed E-state index contributed by atoms with van der Waals surface area (Å²) in [5, 5.41) is 10.1. The Labute approximate surface area is 153 Å². The van der Waals surface area contributed by atoms with Crippen molar-refractivity contribution in [2.24, 2.45) is 0 Å². The summed E-state index contributed by atoms with van der Waals surface area (Å²) in [4.78, 5) is 38.9. The highest BCUT2D eigenvalue weighted by Crippen LogP contribution is 2.28. The summed E-state index contributed by atoms with van der Waals surface area (Å²) in [6.07, 6.45) is 4.96. The lowest BCUT2D eigenvalue weighted by Gasteiger charge is -2.34. The van der Waals surface area contributed by atoms with Crippen LogP contribution in [0.5, 0.6) is 0 Å². The second-order valence-corrected chi connectivity index (χ2v) is 6.89. The number of thiazole rings is 1. The lowest BCUT2D eigenvalue weighted by Crippen LogP contribution is -2.48. The summed E-state index contributed by atoms with van der Waals surface area (Å²) >= 11 is 1.16. The van der Waals surface area contributed by atoms with E-state index in [2.05, 4.69) is 15.0 Å². The molecule has 1 aliphatic heterocycles. The van der Waals surface area contributed by atoms with Gasteiger partial charge in [0.2, 0.25) is 0 Å². The number of fused-ring (bicyclic) bond motifs is 1. The summed E-state index contributed by atoms with van der Waals surface area (Å²) in [5.74, 6) is -0.911. The van der Waals surface area contributed by atoms with Crippen molar-refractivity contribution < 1.29 is 14.7 Å². The fraction of sp³-hybridized carbons (Fsp3) is 0.167. The number of aromatic nitrogens is 3. The second-order valence-electron chi connectivity index (χ2n) is 5.86. The molecule has 1 N–H and O–H groups in total. The molecule has 1 amide bonds. The summed E-state index contributed by atoms with van der Waals surface area (Å²) in [5.41, 5.74) is 1.93. The zero-order chi connectivity index (χ0) is 18.1. The number of hydrogen-bond donors (Lipinski definition) is 1. The van der Waals surface area contributed by atoms with E-state index in [0.29, 0.717) is 22.1 Å². The molecule has 130 valence electrons. The number of carboxylic acids is 1. The molecular formula is C18H14N4O3S. The van der Waals surface area contributed by atoms with Crippen LogP contribution in [0.3, 0.4) is 0 Å². The highest BCUT2D eigenvalue weighted by Gasteiger charge is 2.35. The number of nitrogens with zero attached hydrogens (tertiary/aromatic N) is 4. The highest BCUT2D eigenvalue weighted by atomic mass is 32.1. The molecule has 3 heterocycles. The van der Waals surface area contributed by atoms with E-state index < -0.39 is 12.0 Å². The third-order valence-corrected chi connectivity index (χ3v) is 5.25. The van der Waals surface area contributed by atoms with Gasteiger partial charge >= 0.3 is 5.97 Å². The predicted molar refractivity (Wildman–Crippen MR) is 94.6 cm³/mol. The lowest BCUT2D eigenvalue weighted by molar-refractivity contribution is -0.142. The molecule has 4 rings (SSSR count). The van der Waals surface area contributed by atoms with Gasteiger partial charge in [-0.05, 0) is 17.2 Å². The van der Waals surface area contributed by atoms with E-state index >= 15 is 0 Å². The van der Waals surface area contributed by atoms with Crippen molar-refractivity contribution in [1.29, 1.82) is 0 Å². The molecule has 1 atom stereocenters. The molecule has 0 saturated carbocycles. The van der Waals surface area contributed by atoms with Crippen LogP contribution in [0.15, 0.2) is 48.9 Å². The van der Waals surface area contributed by atoms with Gasteiger partial charge < -0.3 is 10.0 Å². The van der Waals surface area contributed by atoms with E-state index in [-0.39, 0.29) is 12.5 Å². The Kier molecular flexibility index (Phi) is 4.18. The summed E-state index contributed by atoms with van der Waals surface area (Å²) in [7, 11) is 0. The standard InChI is InChI=1S/C18H14N4O3S/c23-17(14-9-21-16(26-14)15-19-6-3-7-20-15)22-10-12-5-2-1-4-11(12)8-13(22)18(24)25/h1-7,9,13H,8,10H2,(H,24,25)/t13-/m0/s1. The Morgan fingerprint density at radius 1 is 1.08 bits per heavy atom. The van der Waals surface area contributed by atoms with Gasteiger partial charge in [-0.15, -0.1) is 11.3 Å². The highest BCUT2D eigenvalue weighted by molar-refractivity contribution is 7.16. The first kappa shape index (κ1) is 16.3. The largest absolute Gasteiger partial charge is 0.480 e. The molecule has 0 radical (unpaired) electrons. The second kappa shape index (κ2) is 6.64. The first-order valence-electron chi connectivity index (χ1n) is 7.97. The number of carbonyl (C=O) groups is 2. The van der Waals surface area contributed by atoms with E-state index in [4.69, 9.17) is 0 Å². The van der Waals surface area contributed by atoms with Crippen molar-refractivity contribution in [3.8, 4) is 10.8 Å². The third kappa shape index (κ3) is 2.95. The number of amides is 1. The monoisotopic (exact) mass is 366 g/mol. The number of carboxylic acid groups (broad SMARTS) is 1. The van der Waals surface area contributed by atoms with Crippen molar-refractivity contribution in [2.45, 2.75) is 19.0 Å². The van der Waals surface area contributed by atoms with Gasteiger partial charge in [0.05, 0.1) is 6.20 Å². The van der Waals surface area contributed by atoms with E-state index in [1.807, 2.05) is 24.3 Å². The van der Waals surface area contributed by atoms with Crippen LogP contribution in [0, 0.1) is 0 Å². The molecule has 1 aliphatic rings. The molecule has 2 aromatic heterocycles. The molecule has 0 fully saturated rings. The SMILES string of the molecule is O=C(O)[C@@H]1Cc2ccccc2CN1C(=O)c1cnc(-c2ncccn2)s1. The number of rotatable bonds is 3. The Morgan fingerprint density at radius 2 is 1.81 bits per heavy atom. The van der Waals surface area contributed by atoms with E-state index in [1.165, 1.54) is 11.1 Å². The Hall–Kier alpha value is -3.13. The van der Waals surface area contributed by atoms with Crippen LogP contribution < -0.4 is 0 Å². The molecule has 0 spiro atoms. The Bertz CT molecular complexity index is 973. The molecule has 3 aromatic rings. The minimum Gasteiger partial charge on any atom is -0.480 e. The molecule has 1 aromatic carbocycles. The van der Waals surface area contributed by atoms with Crippen LogP contribution in [0.1, 0.15) is 20.8 Å². The van der Waals surface area contributed by atoms with Crippen molar-refractivity contribution in [2.75, 3.05) is 0 Å². The van der Waals surface area contributed by atoms with Gasteiger partial charge in [0.15, 0.2) is 10.8 Å². The van der Waals surface area contributed by atoms with Crippen LogP contribution in [0.25, 0.3) is 10.8 Å². The minimum absolute atomic E-state index is 0.265. The quantitative estimate of drug-likeness (QED) is 0.764. The van der Waals surface area contributed by atoms with Crippen LogP contribution in [0.4, 0.5) is 0 Å². The maximum absolute atomic E-state index is 13.0. The molecule has 0 unspecified atom stereocenters. The fourth-order valence-corrected chi connectivity index (χ4v) is 3.80. The Balaban J connectivity index is 1.65. The average molecular weight is 366 g/mol. The fourth-order valence-electron chi connectivity index (χ4n) is 2.98. The van der Waals surface area contributed by atoms with E-state index in [0.717, 1.165) is 22.5 Å². The molecule has 7 nitrogen and oxygen atoms in total. The van der Waals surface area contributed by atoms with Crippen molar-refractivity contribution >= 4 is 23.2 Å². The van der Waals surface area contributed by atoms with Gasteiger partial charge in [0.25, 0.3) is 5.91 Å². The molecule has 8 heteroatoms. The Morgan fingerprint density at radius 3 is 2.54 bits per heavy atom. The molecule has 0 bridgehead atoms. The zero-order valence-corrected chi connectivity index (χ0v) is 14.4. The van der Waals surface area contributed by atoms with Crippen LogP contribution in [0.2, 0.25) is 0 Å². The predicted octanol–water partition coefficient (Wildman–Crippen LogP) is 2.25. The zero-order valence-electron chi connectivity index (χ0n) is 13.6. The maximum atomic E-state index is 13.0. The van der Waals surface area contributed by atoms with Crippen LogP contribution in [-0.2, 0) is 17.8 Å². The summed E-state index contributed by atoms with van der Waals surface area (Å²) < 4.78 is 0. The minimum atomic E-state index is -1.01. The van der Waals surface area contributed by atoms with Gasteiger partial charge in [0, 0.05) is 25.4 Å². The third-order valence-electron chi connectivity index (χ3n) is 4.27. The van der Waals surface area contributed by atoms with Gasteiger partial charge in [-0.25, -0.2) is 19.7 Å². The van der Waals surface area contributed by atoms with Gasteiger partial charge in [-0.3, -0.25) is 4.79 Å².